The van der Waals surface area contributed by atoms with E-state index in [1.807, 2.05) is 42.3 Å². The number of piperazine rings is 1. The first-order valence-electron chi connectivity index (χ1n) is 17.7. The number of methoxy groups -OCH3 is 1. The van der Waals surface area contributed by atoms with Gasteiger partial charge < -0.3 is 14.5 Å². The highest BCUT2D eigenvalue weighted by atomic mass is 35.5. The second-order valence-corrected chi connectivity index (χ2v) is 15.8. The van der Waals surface area contributed by atoms with Crippen LogP contribution in [0.25, 0.3) is 22.0 Å². The molecular formula is C39H42ClN7O5S. The predicted molar refractivity (Wildman–Crippen MR) is 209 cm³/mol. The summed E-state index contributed by atoms with van der Waals surface area (Å²) in [4.78, 5) is 26.7. The van der Waals surface area contributed by atoms with Gasteiger partial charge in [-0.3, -0.25) is 19.7 Å². The Kier molecular flexibility index (Phi) is 10.8. The zero-order chi connectivity index (χ0) is 37.1. The number of ether oxygens (including phenoxy) is 1. The van der Waals surface area contributed by atoms with Crippen molar-refractivity contribution in [2.45, 2.75) is 49.3 Å². The Bertz CT molecular complexity index is 2210. The second kappa shape index (κ2) is 15.7. The lowest BCUT2D eigenvalue weighted by Crippen LogP contribution is -2.46. The van der Waals surface area contributed by atoms with Crippen LogP contribution in [0.4, 0.5) is 22.9 Å². The molecule has 7 rings (SSSR count). The Balaban J connectivity index is 1.03. The maximum Gasteiger partial charge on any atom is 0.293 e. The van der Waals surface area contributed by atoms with Crippen molar-refractivity contribution in [3.8, 4) is 11.1 Å². The number of nitro benzene ring substituents is 1. The van der Waals surface area contributed by atoms with Crippen LogP contribution in [0.1, 0.15) is 31.2 Å². The van der Waals surface area contributed by atoms with Crippen LogP contribution in [0.2, 0.25) is 5.02 Å². The average molecular weight is 756 g/mol. The number of rotatable bonds is 11. The summed E-state index contributed by atoms with van der Waals surface area (Å²) in [5, 5.41) is 13.4. The Morgan fingerprint density at radius 2 is 1.68 bits per heavy atom. The molecule has 2 aliphatic rings. The molecule has 0 unspecified atom stereocenters. The first-order valence-corrected chi connectivity index (χ1v) is 19.6. The van der Waals surface area contributed by atoms with Gasteiger partial charge in [-0.05, 0) is 84.8 Å². The number of benzene rings is 4. The predicted octanol–water partition coefficient (Wildman–Crippen LogP) is 7.38. The van der Waals surface area contributed by atoms with E-state index in [4.69, 9.17) is 16.3 Å². The number of fused-ring (bicyclic) bond motifs is 1. The fourth-order valence-corrected chi connectivity index (χ4v) is 8.64. The number of nitro groups is 1. The smallest absolute Gasteiger partial charge is 0.293 e. The van der Waals surface area contributed by atoms with Crippen molar-refractivity contribution in [2.24, 2.45) is 0 Å². The Morgan fingerprint density at radius 1 is 0.943 bits per heavy atom. The summed E-state index contributed by atoms with van der Waals surface area (Å²) in [6.07, 6.45) is 4.89. The van der Waals surface area contributed by atoms with Crippen LogP contribution >= 0.6 is 11.6 Å². The minimum atomic E-state index is -4.23. The van der Waals surface area contributed by atoms with Gasteiger partial charge in [0.1, 0.15) is 12.0 Å². The van der Waals surface area contributed by atoms with Crippen LogP contribution < -0.4 is 14.5 Å². The van der Waals surface area contributed by atoms with E-state index >= 15 is 0 Å². The number of nitrogens with one attached hydrogen (secondary N) is 1. The number of aromatic nitrogens is 2. The lowest BCUT2D eigenvalue weighted by molar-refractivity contribution is -0.384. The normalized spacial score (nSPS) is 18.2. The number of sulfonamides is 1. The highest BCUT2D eigenvalue weighted by molar-refractivity contribution is 7.92. The van der Waals surface area contributed by atoms with Crippen molar-refractivity contribution in [3.63, 3.8) is 0 Å². The lowest BCUT2D eigenvalue weighted by atomic mass is 9.91. The molecule has 2 fully saturated rings. The Hall–Kier alpha value is -4.82. The molecule has 0 radical (unpaired) electrons. The minimum Gasteiger partial charge on any atom is -0.381 e. The third-order valence-corrected chi connectivity index (χ3v) is 12.1. The maximum atomic E-state index is 13.6. The van der Waals surface area contributed by atoms with Gasteiger partial charge in [0.05, 0.1) is 21.4 Å². The summed E-state index contributed by atoms with van der Waals surface area (Å²) >= 11 is 6.13. The number of halogens is 1. The molecule has 1 N–H and O–H groups in total. The maximum absolute atomic E-state index is 13.6. The minimum absolute atomic E-state index is 0.0880. The van der Waals surface area contributed by atoms with Gasteiger partial charge in [0.2, 0.25) is 0 Å². The van der Waals surface area contributed by atoms with Crippen molar-refractivity contribution in [3.05, 3.63) is 112 Å². The van der Waals surface area contributed by atoms with Gasteiger partial charge in [0, 0.05) is 75.1 Å². The highest BCUT2D eigenvalue weighted by Gasteiger charge is 2.30. The molecule has 14 heteroatoms. The quantitative estimate of drug-likeness (QED) is 0.108. The number of hydrogen-bond acceptors (Lipinski definition) is 10. The highest BCUT2D eigenvalue weighted by Crippen LogP contribution is 2.36. The SMILES string of the molecule is COC1CCC(N(C)c2ccc(S(=O)(=O)Nc3ncnc4cc(N5CCN(Cc6ccccc6-c6ccc(Cl)cc6)CC5)ccc34)cc2[N+](=O)[O-])CC1. The summed E-state index contributed by atoms with van der Waals surface area (Å²) in [6.45, 7) is 4.21. The summed E-state index contributed by atoms with van der Waals surface area (Å²) < 4.78 is 35.3. The molecule has 1 aromatic heterocycles. The molecule has 0 bridgehead atoms. The third-order valence-electron chi connectivity index (χ3n) is 10.5. The van der Waals surface area contributed by atoms with Crippen LogP contribution in [0.15, 0.2) is 96.2 Å². The van der Waals surface area contributed by atoms with Crippen molar-refractivity contribution in [1.29, 1.82) is 0 Å². The van der Waals surface area contributed by atoms with E-state index < -0.39 is 14.9 Å². The van der Waals surface area contributed by atoms with Gasteiger partial charge in [-0.25, -0.2) is 18.4 Å². The summed E-state index contributed by atoms with van der Waals surface area (Å²) in [5.74, 6) is 0.101. The Morgan fingerprint density at radius 3 is 2.40 bits per heavy atom. The average Bonchev–Trinajstić information content (AvgIpc) is 3.18. The van der Waals surface area contributed by atoms with E-state index in [9.17, 15) is 18.5 Å². The van der Waals surface area contributed by atoms with E-state index in [0.29, 0.717) is 21.6 Å². The number of hydrogen-bond donors (Lipinski definition) is 1. The van der Waals surface area contributed by atoms with Crippen molar-refractivity contribution >= 4 is 55.4 Å². The zero-order valence-electron chi connectivity index (χ0n) is 29.7. The standard InChI is InChI=1S/C39H42ClN7O5S/c1-44(30-11-14-32(52-2)15-12-30)37-18-16-33(24-38(37)47(48)49)53(50,51)43-39-35-17-13-31(23-36(35)41-26-42-39)46-21-19-45(20-22-46)25-28-5-3-4-6-34(28)27-7-9-29(40)10-8-27/h3-10,13,16-18,23-24,26,30,32H,11-12,14-15,19-22,25H2,1-2H3,(H,41,42,43). The molecular weight excluding hydrogens is 714 g/mol. The lowest BCUT2D eigenvalue weighted by Gasteiger charge is -2.36. The van der Waals surface area contributed by atoms with Crippen LogP contribution in [-0.2, 0) is 21.3 Å². The fraction of sp³-hybridized carbons (Fsp3) is 0.333. The Labute approximate surface area is 314 Å². The van der Waals surface area contributed by atoms with Gasteiger partial charge in [0.25, 0.3) is 15.7 Å². The van der Waals surface area contributed by atoms with Gasteiger partial charge in [-0.15, -0.1) is 0 Å². The third kappa shape index (κ3) is 8.08. The molecule has 1 aliphatic heterocycles. The molecule has 12 nitrogen and oxygen atoms in total. The molecule has 53 heavy (non-hydrogen) atoms. The number of anilines is 3. The largest absolute Gasteiger partial charge is 0.381 e. The fourth-order valence-electron chi connectivity index (χ4n) is 7.46. The monoisotopic (exact) mass is 755 g/mol. The topological polar surface area (TPSA) is 134 Å². The molecule has 0 spiro atoms. The van der Waals surface area contributed by atoms with Crippen LogP contribution in [0.3, 0.4) is 0 Å². The molecule has 0 atom stereocenters. The van der Waals surface area contributed by atoms with Gasteiger partial charge in [-0.1, -0.05) is 48.0 Å². The van der Waals surface area contributed by atoms with Crippen LogP contribution in [-0.4, -0.2) is 80.7 Å². The molecule has 2 heterocycles. The molecule has 5 aromatic rings. The van der Waals surface area contributed by atoms with E-state index in [1.165, 1.54) is 29.6 Å². The summed E-state index contributed by atoms with van der Waals surface area (Å²) in [6, 6.07) is 26.2. The van der Waals surface area contributed by atoms with Crippen molar-refractivity contribution in [2.75, 3.05) is 54.9 Å². The molecule has 1 saturated heterocycles. The zero-order valence-corrected chi connectivity index (χ0v) is 31.3. The van der Waals surface area contributed by atoms with E-state index in [2.05, 4.69) is 60.9 Å². The molecule has 276 valence electrons. The van der Waals surface area contributed by atoms with Gasteiger partial charge in [-0.2, -0.15) is 0 Å². The van der Waals surface area contributed by atoms with Gasteiger partial charge in [0.15, 0.2) is 5.82 Å². The summed E-state index contributed by atoms with van der Waals surface area (Å²) in [5.41, 5.74) is 5.27. The van der Waals surface area contributed by atoms with Gasteiger partial charge >= 0.3 is 0 Å². The van der Waals surface area contributed by atoms with E-state index in [0.717, 1.165) is 75.7 Å². The summed E-state index contributed by atoms with van der Waals surface area (Å²) in [7, 11) is -0.711. The molecule has 1 aliphatic carbocycles. The van der Waals surface area contributed by atoms with Crippen molar-refractivity contribution in [1.82, 2.24) is 14.9 Å². The van der Waals surface area contributed by atoms with Crippen LogP contribution in [0, 0.1) is 10.1 Å². The number of nitrogens with zero attached hydrogens (tertiary/aromatic N) is 6. The first kappa shape index (κ1) is 36.5. The second-order valence-electron chi connectivity index (χ2n) is 13.6. The van der Waals surface area contributed by atoms with Crippen molar-refractivity contribution < 1.29 is 18.1 Å². The van der Waals surface area contributed by atoms with Crippen LogP contribution in [0.5, 0.6) is 0 Å². The molecule has 4 aromatic carbocycles. The first-order chi connectivity index (χ1) is 25.6. The molecule has 0 amide bonds. The van der Waals surface area contributed by atoms with E-state index in [1.54, 1.807) is 7.11 Å². The molecule has 1 saturated carbocycles. The van der Waals surface area contributed by atoms with E-state index in [-0.39, 0.29) is 28.5 Å².